The molecule has 0 aliphatic carbocycles. The number of hydrogen-bond donors (Lipinski definition) is 0. The van der Waals surface area contributed by atoms with Gasteiger partial charge in [-0.05, 0) is 24.2 Å². The van der Waals surface area contributed by atoms with Crippen LogP contribution in [0, 0.1) is 34.6 Å². The van der Waals surface area contributed by atoms with E-state index in [1.165, 1.54) is 51.4 Å². The number of benzene rings is 1. The predicted molar refractivity (Wildman–Crippen MR) is 143 cm³/mol. The van der Waals surface area contributed by atoms with Crippen molar-refractivity contribution in [2.24, 2.45) is 0 Å². The van der Waals surface area contributed by atoms with Crippen LogP contribution < -0.4 is 5.30 Å². The van der Waals surface area contributed by atoms with Crippen LogP contribution in [0.1, 0.15) is 68.4 Å². The van der Waals surface area contributed by atoms with Gasteiger partial charge >= 0.3 is 35.6 Å². The van der Waals surface area contributed by atoms with E-state index in [0.29, 0.717) is 0 Å². The summed E-state index contributed by atoms with van der Waals surface area (Å²) in [6.45, 7) is 20.5. The van der Waals surface area contributed by atoms with E-state index in [0.717, 1.165) is 11.3 Å². The first-order chi connectivity index (χ1) is 14.6. The van der Waals surface area contributed by atoms with Gasteiger partial charge in [0.25, 0.3) is 0 Å². The minimum absolute atomic E-state index is 0.0252. The molecule has 3 rings (SSSR count). The molecule has 0 heterocycles. The Kier molecular flexibility index (Phi) is 13.3. The molecule has 0 bridgehead atoms. The molecule has 172 valence electrons. The molecule has 0 nitrogen and oxygen atoms in total. The zero-order chi connectivity index (χ0) is 23.7. The zero-order valence-corrected chi connectivity index (χ0v) is 24.7. The molecule has 0 aliphatic rings. The average Bonchev–Trinajstić information content (AvgIpc) is 3.26. The van der Waals surface area contributed by atoms with Gasteiger partial charge in [0, 0.05) is 0 Å². The molecular formula is C27H39Cl2PTi-2. The molecule has 0 saturated carbocycles. The van der Waals surface area contributed by atoms with Crippen molar-refractivity contribution >= 4 is 42.6 Å². The normalized spacial score (nSPS) is 13.5. The minimum atomic E-state index is -0.556. The van der Waals surface area contributed by atoms with Crippen molar-refractivity contribution in [2.75, 3.05) is 0 Å². The van der Waals surface area contributed by atoms with E-state index >= 15 is 0 Å². The van der Waals surface area contributed by atoms with Crippen LogP contribution in [0.3, 0.4) is 0 Å². The Balaban J connectivity index is 0.000000311. The Morgan fingerprint density at radius 3 is 1.74 bits per heavy atom. The van der Waals surface area contributed by atoms with Gasteiger partial charge in [0.15, 0.2) is 0 Å². The molecular weight excluding hydrogens is 474 g/mol. The second-order valence-corrected chi connectivity index (χ2v) is 14.1. The van der Waals surface area contributed by atoms with Crippen molar-refractivity contribution in [3.05, 3.63) is 64.2 Å². The Labute approximate surface area is 209 Å². The van der Waals surface area contributed by atoms with Gasteiger partial charge < -0.3 is 0 Å². The summed E-state index contributed by atoms with van der Waals surface area (Å²) in [5, 5.41) is 4.42. The van der Waals surface area contributed by atoms with Gasteiger partial charge in [-0.2, -0.15) is 33.9 Å². The Morgan fingerprint density at radius 2 is 1.39 bits per heavy atom. The van der Waals surface area contributed by atoms with Gasteiger partial charge in [-0.25, -0.2) is 0 Å². The fourth-order valence-corrected chi connectivity index (χ4v) is 7.28. The Morgan fingerprint density at radius 1 is 0.935 bits per heavy atom. The van der Waals surface area contributed by atoms with Crippen LogP contribution in [0.15, 0.2) is 36.4 Å². The fourth-order valence-electron chi connectivity index (χ4n) is 4.03. The third kappa shape index (κ3) is 7.72. The quantitative estimate of drug-likeness (QED) is 0.181. The summed E-state index contributed by atoms with van der Waals surface area (Å²) in [6.07, 6.45) is 2.58. The first kappa shape index (κ1) is 28.9. The maximum atomic E-state index is 4.89. The topological polar surface area (TPSA) is 0 Å². The first-order valence-electron chi connectivity index (χ1n) is 11.2. The molecule has 31 heavy (non-hydrogen) atoms. The predicted octanol–water partition coefficient (Wildman–Crippen LogP) is 9.59. The van der Waals surface area contributed by atoms with E-state index < -0.39 is 17.0 Å². The van der Waals surface area contributed by atoms with Crippen LogP contribution in [0.4, 0.5) is 0 Å². The van der Waals surface area contributed by atoms with Crippen molar-refractivity contribution in [2.45, 2.75) is 86.5 Å². The second-order valence-electron chi connectivity index (χ2n) is 8.46. The molecule has 0 spiro atoms. The molecule has 2 atom stereocenters. The van der Waals surface area contributed by atoms with E-state index in [4.69, 9.17) is 18.6 Å². The second kappa shape index (κ2) is 14.2. The molecule has 0 amide bonds. The Hall–Kier alpha value is -0.0957. The van der Waals surface area contributed by atoms with Crippen LogP contribution in [0.2, 0.25) is 0 Å². The fraction of sp³-hybridized carbons (Fsp3) is 0.481. The zero-order valence-electron chi connectivity index (χ0n) is 20.7. The SMILES string of the molecule is CCC(C)P(c1cc2ccccc2[cH-]1)C(C)CC.Cc1c(C)c(C)[c-](C)c1C.[Cl][Ti][Cl]. The monoisotopic (exact) mass is 512 g/mol. The molecule has 3 aromatic rings. The molecule has 0 N–H and O–H groups in total. The van der Waals surface area contributed by atoms with Crippen LogP contribution in [0.25, 0.3) is 10.8 Å². The summed E-state index contributed by atoms with van der Waals surface area (Å²) in [5.74, 6) is 0. The molecule has 0 radical (unpaired) electrons. The van der Waals surface area contributed by atoms with Crippen molar-refractivity contribution in [1.82, 2.24) is 0 Å². The maximum absolute atomic E-state index is 4.89. The van der Waals surface area contributed by atoms with Crippen molar-refractivity contribution in [3.63, 3.8) is 0 Å². The van der Waals surface area contributed by atoms with Gasteiger partial charge in [0.2, 0.25) is 0 Å². The summed E-state index contributed by atoms with van der Waals surface area (Å²) in [4.78, 5) is 0. The Bertz CT molecular complexity index is 802. The van der Waals surface area contributed by atoms with Gasteiger partial charge in [-0.3, -0.25) is 0 Å². The first-order valence-corrected chi connectivity index (χ1v) is 17.0. The van der Waals surface area contributed by atoms with E-state index in [9.17, 15) is 0 Å². The number of fused-ring (bicyclic) bond motifs is 1. The van der Waals surface area contributed by atoms with Crippen LogP contribution in [0.5, 0.6) is 0 Å². The summed E-state index contributed by atoms with van der Waals surface area (Å²) >= 11 is -0.556. The van der Waals surface area contributed by atoms with Crippen LogP contribution in [-0.2, 0) is 17.0 Å². The molecule has 2 unspecified atom stereocenters. The van der Waals surface area contributed by atoms with Gasteiger partial charge in [-0.1, -0.05) is 76.3 Å². The summed E-state index contributed by atoms with van der Waals surface area (Å²) < 4.78 is 0. The average molecular weight is 513 g/mol. The van der Waals surface area contributed by atoms with E-state index in [1.807, 2.05) is 0 Å². The van der Waals surface area contributed by atoms with Gasteiger partial charge in [0.05, 0.1) is 0 Å². The third-order valence-corrected chi connectivity index (χ3v) is 10.3. The summed E-state index contributed by atoms with van der Waals surface area (Å²) in [6, 6.07) is 13.6. The van der Waals surface area contributed by atoms with Crippen molar-refractivity contribution < 1.29 is 17.0 Å². The summed E-state index contributed by atoms with van der Waals surface area (Å²) in [5.41, 5.74) is 8.99. The number of hydrogen-bond acceptors (Lipinski definition) is 0. The summed E-state index contributed by atoms with van der Waals surface area (Å²) in [7, 11) is 9.75. The molecule has 0 saturated heterocycles. The van der Waals surface area contributed by atoms with Crippen molar-refractivity contribution in [1.29, 1.82) is 0 Å². The van der Waals surface area contributed by atoms with E-state index in [1.54, 1.807) is 5.30 Å². The third-order valence-electron chi connectivity index (χ3n) is 6.84. The molecule has 0 fully saturated rings. The number of rotatable bonds is 5. The number of halogens is 2. The standard InChI is InChI=1S/C17H24P.C10H15.2ClH.Ti/c1-5-13(3)18(14(4)6-2)17-11-15-9-7-8-10-16(15)12-17;1-6-7(2)9(4)10(5)8(6)3;;;/h7-14H,5-6H2,1-4H3;1-5H3;2*1H;/q2*-1;;;+2/p-2. The molecule has 3 aromatic carbocycles. The van der Waals surface area contributed by atoms with Crippen LogP contribution in [-0.4, -0.2) is 11.3 Å². The molecule has 0 aliphatic heterocycles. The van der Waals surface area contributed by atoms with Gasteiger partial charge in [0.1, 0.15) is 0 Å². The molecule has 0 aromatic heterocycles. The van der Waals surface area contributed by atoms with Gasteiger partial charge in [-0.15, -0.1) is 40.3 Å². The van der Waals surface area contributed by atoms with Crippen molar-refractivity contribution in [3.8, 4) is 0 Å². The van der Waals surface area contributed by atoms with Crippen LogP contribution >= 0.6 is 26.5 Å². The van der Waals surface area contributed by atoms with E-state index in [-0.39, 0.29) is 7.92 Å². The van der Waals surface area contributed by atoms with E-state index in [2.05, 4.69) is 98.7 Å². The molecule has 4 heteroatoms.